The van der Waals surface area contributed by atoms with Crippen LogP contribution in [0.3, 0.4) is 0 Å². The molecule has 0 bridgehead atoms. The molecule has 3 rings (SSSR count). The summed E-state index contributed by atoms with van der Waals surface area (Å²) in [4.78, 5) is 0. The van der Waals surface area contributed by atoms with Gasteiger partial charge in [-0.05, 0) is 23.6 Å². The van der Waals surface area contributed by atoms with Crippen molar-refractivity contribution in [2.75, 3.05) is 6.61 Å². The first-order chi connectivity index (χ1) is 14.9. The zero-order valence-electron chi connectivity index (χ0n) is 18.4. The molecule has 0 aromatic heterocycles. The van der Waals surface area contributed by atoms with Gasteiger partial charge in [0.2, 0.25) is 0 Å². The quantitative estimate of drug-likeness (QED) is 0.207. The van der Waals surface area contributed by atoms with E-state index in [0.29, 0.717) is 0 Å². The first kappa shape index (κ1) is 22.2. The second-order valence-corrected chi connectivity index (χ2v) is 8.12. The number of hydrogen-bond donors (Lipinski definition) is 0. The molecular formula is C29H36O. The summed E-state index contributed by atoms with van der Waals surface area (Å²) in [6, 6.07) is 30.0. The smallest absolute Gasteiger partial charge is 0.123 e. The molecular weight excluding hydrogens is 364 g/mol. The Hall–Kier alpha value is -2.54. The molecule has 158 valence electrons. The Morgan fingerprint density at radius 2 is 1.07 bits per heavy atom. The van der Waals surface area contributed by atoms with Crippen LogP contribution in [0.15, 0.2) is 84.9 Å². The maximum atomic E-state index is 6.31. The van der Waals surface area contributed by atoms with Gasteiger partial charge in [0.25, 0.3) is 0 Å². The number of ether oxygens (including phenoxy) is 1. The Bertz CT molecular complexity index is 786. The number of unbranched alkanes of at least 4 members (excludes halogenated alkanes) is 7. The van der Waals surface area contributed by atoms with Gasteiger partial charge in [0.05, 0.1) is 6.61 Å². The zero-order valence-corrected chi connectivity index (χ0v) is 18.4. The maximum absolute atomic E-state index is 6.31. The Balaban J connectivity index is 1.64. The van der Waals surface area contributed by atoms with Gasteiger partial charge in [-0.3, -0.25) is 0 Å². The SMILES string of the molecule is CCCCCCCCCCOc1ccccc1C(c1ccccc1)c1ccccc1. The second-order valence-electron chi connectivity index (χ2n) is 8.12. The Morgan fingerprint density at radius 1 is 0.567 bits per heavy atom. The predicted molar refractivity (Wildman–Crippen MR) is 128 cm³/mol. The van der Waals surface area contributed by atoms with Gasteiger partial charge in [-0.15, -0.1) is 0 Å². The highest BCUT2D eigenvalue weighted by molar-refractivity contribution is 5.48. The van der Waals surface area contributed by atoms with Gasteiger partial charge >= 0.3 is 0 Å². The van der Waals surface area contributed by atoms with Gasteiger partial charge in [0.15, 0.2) is 0 Å². The average molecular weight is 401 g/mol. The van der Waals surface area contributed by atoms with Crippen LogP contribution < -0.4 is 4.74 Å². The van der Waals surface area contributed by atoms with Crippen LogP contribution in [-0.2, 0) is 0 Å². The van der Waals surface area contributed by atoms with Crippen molar-refractivity contribution in [2.24, 2.45) is 0 Å². The molecule has 1 nitrogen and oxygen atoms in total. The van der Waals surface area contributed by atoms with Crippen molar-refractivity contribution < 1.29 is 4.74 Å². The Morgan fingerprint density at radius 3 is 1.67 bits per heavy atom. The van der Waals surface area contributed by atoms with Crippen molar-refractivity contribution in [1.29, 1.82) is 0 Å². The first-order valence-corrected chi connectivity index (χ1v) is 11.7. The van der Waals surface area contributed by atoms with Crippen LogP contribution in [0.4, 0.5) is 0 Å². The van der Waals surface area contributed by atoms with Crippen molar-refractivity contribution in [1.82, 2.24) is 0 Å². The molecule has 3 aromatic rings. The van der Waals surface area contributed by atoms with E-state index in [-0.39, 0.29) is 5.92 Å². The molecule has 0 saturated heterocycles. The van der Waals surface area contributed by atoms with Crippen LogP contribution in [0, 0.1) is 0 Å². The van der Waals surface area contributed by atoms with E-state index < -0.39 is 0 Å². The summed E-state index contributed by atoms with van der Waals surface area (Å²) < 4.78 is 6.31. The monoisotopic (exact) mass is 400 g/mol. The van der Waals surface area contributed by atoms with Gasteiger partial charge in [0.1, 0.15) is 5.75 Å². The summed E-state index contributed by atoms with van der Waals surface area (Å²) in [6.07, 6.45) is 10.5. The highest BCUT2D eigenvalue weighted by Gasteiger charge is 2.20. The molecule has 0 aliphatic rings. The minimum absolute atomic E-state index is 0.183. The molecule has 0 unspecified atom stereocenters. The van der Waals surface area contributed by atoms with E-state index in [2.05, 4.69) is 91.9 Å². The highest BCUT2D eigenvalue weighted by Crippen LogP contribution is 2.37. The maximum Gasteiger partial charge on any atom is 0.123 e. The van der Waals surface area contributed by atoms with Crippen LogP contribution in [0.5, 0.6) is 5.75 Å². The third-order valence-corrected chi connectivity index (χ3v) is 5.75. The van der Waals surface area contributed by atoms with Crippen LogP contribution in [-0.4, -0.2) is 6.61 Å². The van der Waals surface area contributed by atoms with E-state index in [1.54, 1.807) is 0 Å². The topological polar surface area (TPSA) is 9.23 Å². The molecule has 0 radical (unpaired) electrons. The molecule has 0 aliphatic carbocycles. The number of hydrogen-bond acceptors (Lipinski definition) is 1. The summed E-state index contributed by atoms with van der Waals surface area (Å²) in [7, 11) is 0. The fourth-order valence-corrected chi connectivity index (χ4v) is 4.11. The number of rotatable bonds is 13. The molecule has 3 aromatic carbocycles. The average Bonchev–Trinajstić information content (AvgIpc) is 2.80. The van der Waals surface area contributed by atoms with Gasteiger partial charge in [-0.1, -0.05) is 131 Å². The molecule has 0 heterocycles. The summed E-state index contributed by atoms with van der Waals surface area (Å²) in [5.74, 6) is 1.19. The lowest BCUT2D eigenvalue weighted by molar-refractivity contribution is 0.301. The third-order valence-electron chi connectivity index (χ3n) is 5.75. The highest BCUT2D eigenvalue weighted by atomic mass is 16.5. The fraction of sp³-hybridized carbons (Fsp3) is 0.379. The molecule has 30 heavy (non-hydrogen) atoms. The van der Waals surface area contributed by atoms with E-state index in [0.717, 1.165) is 18.8 Å². The molecule has 0 amide bonds. The van der Waals surface area contributed by atoms with E-state index in [4.69, 9.17) is 4.74 Å². The van der Waals surface area contributed by atoms with Gasteiger partial charge in [-0.25, -0.2) is 0 Å². The van der Waals surface area contributed by atoms with Crippen molar-refractivity contribution in [3.8, 4) is 5.75 Å². The molecule has 0 fully saturated rings. The normalized spacial score (nSPS) is 11.0. The minimum atomic E-state index is 0.183. The van der Waals surface area contributed by atoms with E-state index in [1.807, 2.05) is 0 Å². The molecule has 0 saturated carbocycles. The zero-order chi connectivity index (χ0) is 20.9. The van der Waals surface area contributed by atoms with Crippen molar-refractivity contribution >= 4 is 0 Å². The van der Waals surface area contributed by atoms with Gasteiger partial charge in [0, 0.05) is 11.5 Å². The standard InChI is InChI=1S/C29H36O/c1-2-3-4-5-6-7-8-17-24-30-28-23-16-15-22-27(28)29(25-18-11-9-12-19-25)26-20-13-10-14-21-26/h9-16,18-23,29H,2-8,17,24H2,1H3. The summed E-state index contributed by atoms with van der Waals surface area (Å²) in [5, 5.41) is 0. The lowest BCUT2D eigenvalue weighted by atomic mass is 9.85. The molecule has 0 atom stereocenters. The molecule has 0 spiro atoms. The Labute approximate surface area is 183 Å². The molecule has 1 heteroatoms. The van der Waals surface area contributed by atoms with E-state index in [9.17, 15) is 0 Å². The van der Waals surface area contributed by atoms with Crippen LogP contribution >= 0.6 is 0 Å². The lowest BCUT2D eigenvalue weighted by Gasteiger charge is -2.22. The summed E-state index contributed by atoms with van der Waals surface area (Å²) in [5.41, 5.74) is 3.84. The van der Waals surface area contributed by atoms with Crippen LogP contribution in [0.1, 0.15) is 80.9 Å². The molecule has 0 N–H and O–H groups in total. The minimum Gasteiger partial charge on any atom is -0.493 e. The summed E-state index contributed by atoms with van der Waals surface area (Å²) in [6.45, 7) is 3.07. The van der Waals surface area contributed by atoms with Gasteiger partial charge in [-0.2, -0.15) is 0 Å². The van der Waals surface area contributed by atoms with Crippen LogP contribution in [0.25, 0.3) is 0 Å². The number of para-hydroxylation sites is 1. The first-order valence-electron chi connectivity index (χ1n) is 11.7. The largest absolute Gasteiger partial charge is 0.493 e. The van der Waals surface area contributed by atoms with Gasteiger partial charge < -0.3 is 4.74 Å². The third kappa shape index (κ3) is 6.76. The van der Waals surface area contributed by atoms with Crippen LogP contribution in [0.2, 0.25) is 0 Å². The van der Waals surface area contributed by atoms with Crippen molar-refractivity contribution in [3.63, 3.8) is 0 Å². The fourth-order valence-electron chi connectivity index (χ4n) is 4.11. The van der Waals surface area contributed by atoms with Crippen molar-refractivity contribution in [2.45, 2.75) is 64.2 Å². The Kier molecular flexibility index (Phi) is 9.53. The predicted octanol–water partition coefficient (Wildman–Crippen LogP) is 8.39. The summed E-state index contributed by atoms with van der Waals surface area (Å²) >= 11 is 0. The number of benzene rings is 3. The lowest BCUT2D eigenvalue weighted by Crippen LogP contribution is -2.07. The molecule has 0 aliphatic heterocycles. The van der Waals surface area contributed by atoms with E-state index >= 15 is 0 Å². The van der Waals surface area contributed by atoms with E-state index in [1.165, 1.54) is 61.6 Å². The van der Waals surface area contributed by atoms with Crippen molar-refractivity contribution in [3.05, 3.63) is 102 Å². The second kappa shape index (κ2) is 12.9.